The second-order valence-electron chi connectivity index (χ2n) is 9.21. The molecule has 0 spiro atoms. The molecule has 0 radical (unpaired) electrons. The van der Waals surface area contributed by atoms with E-state index in [9.17, 15) is 4.79 Å². The quantitative estimate of drug-likeness (QED) is 0.268. The minimum Gasteiger partial charge on any atom is -0.348 e. The Bertz CT molecular complexity index is 1400. The van der Waals surface area contributed by atoms with Gasteiger partial charge in [-0.2, -0.15) is 0 Å². The van der Waals surface area contributed by atoms with Crippen molar-refractivity contribution >= 4 is 16.8 Å². The van der Waals surface area contributed by atoms with Crippen molar-refractivity contribution in [3.63, 3.8) is 0 Å². The highest BCUT2D eigenvalue weighted by molar-refractivity contribution is 5.85. The van der Waals surface area contributed by atoms with E-state index in [0.717, 1.165) is 41.7 Å². The average Bonchev–Trinajstić information content (AvgIpc) is 3.52. The Morgan fingerprint density at radius 3 is 2.74 bits per heavy atom. The number of nitrogens with one attached hydrogen (secondary N) is 1. The summed E-state index contributed by atoms with van der Waals surface area (Å²) in [7, 11) is 0. The van der Waals surface area contributed by atoms with Crippen LogP contribution in [0.2, 0.25) is 0 Å². The minimum atomic E-state index is -0.0155. The first kappa shape index (κ1) is 22.8. The monoisotopic (exact) mass is 462 g/mol. The maximum absolute atomic E-state index is 13.2. The molecule has 5 nitrogen and oxygen atoms in total. The van der Waals surface area contributed by atoms with Gasteiger partial charge in [-0.25, -0.2) is 9.97 Å². The highest BCUT2D eigenvalue weighted by Gasteiger charge is 2.23. The summed E-state index contributed by atoms with van der Waals surface area (Å²) in [5, 5.41) is 1.11. The molecule has 0 aliphatic rings. The number of H-pyrrole nitrogens is 1. The van der Waals surface area contributed by atoms with Gasteiger partial charge in [0, 0.05) is 55.0 Å². The van der Waals surface area contributed by atoms with Crippen LogP contribution in [0.3, 0.4) is 0 Å². The maximum atomic E-state index is 13.2. The van der Waals surface area contributed by atoms with Crippen molar-refractivity contribution < 1.29 is 4.79 Å². The van der Waals surface area contributed by atoms with E-state index in [2.05, 4.69) is 82.3 Å². The van der Waals surface area contributed by atoms with Crippen LogP contribution < -0.4 is 0 Å². The van der Waals surface area contributed by atoms with Crippen LogP contribution in [0.5, 0.6) is 0 Å². The molecule has 1 unspecified atom stereocenters. The number of ketones is 1. The second-order valence-corrected chi connectivity index (χ2v) is 9.21. The lowest BCUT2D eigenvalue weighted by Crippen LogP contribution is -2.09. The molecule has 3 heterocycles. The van der Waals surface area contributed by atoms with Crippen LogP contribution in [0.1, 0.15) is 53.1 Å². The molecule has 176 valence electrons. The van der Waals surface area contributed by atoms with E-state index in [0.29, 0.717) is 12.8 Å². The molecule has 1 atom stereocenters. The van der Waals surface area contributed by atoms with Gasteiger partial charge in [0.15, 0.2) is 0 Å². The maximum Gasteiger partial charge on any atom is 0.140 e. The first-order valence-electron chi connectivity index (χ1n) is 12.2. The van der Waals surface area contributed by atoms with Crippen molar-refractivity contribution in [2.75, 3.05) is 0 Å². The third-order valence-corrected chi connectivity index (χ3v) is 6.57. The number of pyridine rings is 1. The van der Waals surface area contributed by atoms with Gasteiger partial charge in [0.1, 0.15) is 11.4 Å². The van der Waals surface area contributed by atoms with Gasteiger partial charge in [0.2, 0.25) is 0 Å². The Morgan fingerprint density at radius 2 is 1.94 bits per heavy atom. The summed E-state index contributed by atoms with van der Waals surface area (Å²) in [5.74, 6) is 0.266. The van der Waals surface area contributed by atoms with Crippen molar-refractivity contribution in [3.8, 4) is 0 Å². The first-order chi connectivity index (χ1) is 17.2. The molecular formula is C30H30N4O. The van der Waals surface area contributed by atoms with Gasteiger partial charge >= 0.3 is 0 Å². The van der Waals surface area contributed by atoms with E-state index in [-0.39, 0.29) is 11.7 Å². The van der Waals surface area contributed by atoms with Crippen molar-refractivity contribution in [2.45, 2.75) is 45.1 Å². The summed E-state index contributed by atoms with van der Waals surface area (Å²) >= 11 is 0. The largest absolute Gasteiger partial charge is 0.348 e. The fourth-order valence-corrected chi connectivity index (χ4v) is 4.85. The zero-order valence-electron chi connectivity index (χ0n) is 20.0. The van der Waals surface area contributed by atoms with E-state index in [4.69, 9.17) is 4.98 Å². The summed E-state index contributed by atoms with van der Waals surface area (Å²) in [6.07, 6.45) is 10.2. The first-order valence-corrected chi connectivity index (χ1v) is 12.2. The number of hydrogen-bond acceptors (Lipinski definition) is 3. The predicted octanol–water partition coefficient (Wildman–Crippen LogP) is 6.23. The van der Waals surface area contributed by atoms with E-state index >= 15 is 0 Å². The smallest absolute Gasteiger partial charge is 0.140 e. The molecule has 5 heteroatoms. The number of nitrogens with zero attached hydrogens (tertiary/aromatic N) is 3. The van der Waals surface area contributed by atoms with Crippen LogP contribution in [0.4, 0.5) is 0 Å². The van der Waals surface area contributed by atoms with Crippen LogP contribution >= 0.6 is 0 Å². The summed E-state index contributed by atoms with van der Waals surface area (Å²) < 4.78 is 2.21. The lowest BCUT2D eigenvalue weighted by Gasteiger charge is -2.17. The molecule has 5 rings (SSSR count). The highest BCUT2D eigenvalue weighted by Crippen LogP contribution is 2.35. The predicted molar refractivity (Wildman–Crippen MR) is 139 cm³/mol. The molecule has 0 aliphatic heterocycles. The van der Waals surface area contributed by atoms with Crippen LogP contribution in [0.25, 0.3) is 11.0 Å². The van der Waals surface area contributed by atoms with E-state index in [1.807, 2.05) is 24.5 Å². The molecule has 0 bridgehead atoms. The molecule has 0 amide bonds. The molecule has 0 saturated carbocycles. The van der Waals surface area contributed by atoms with Gasteiger partial charge < -0.3 is 9.55 Å². The van der Waals surface area contributed by atoms with Crippen LogP contribution in [-0.4, -0.2) is 25.3 Å². The van der Waals surface area contributed by atoms with Gasteiger partial charge in [-0.15, -0.1) is 0 Å². The molecular weight excluding hydrogens is 432 g/mol. The minimum absolute atomic E-state index is 0.0155. The SMILES string of the molecule is Cc1cccc(C(CC(=O)CCCc2cnc[nH]2)c2cn(Cc3ccccc3)c3ncccc23)c1. The van der Waals surface area contributed by atoms with Crippen molar-refractivity contribution in [2.24, 2.45) is 0 Å². The van der Waals surface area contributed by atoms with Crippen molar-refractivity contribution in [1.29, 1.82) is 0 Å². The Morgan fingerprint density at radius 1 is 1.06 bits per heavy atom. The Labute approximate surface area is 205 Å². The average molecular weight is 463 g/mol. The highest BCUT2D eigenvalue weighted by atomic mass is 16.1. The number of imidazole rings is 1. The molecule has 5 aromatic rings. The van der Waals surface area contributed by atoms with Gasteiger partial charge in [-0.3, -0.25) is 4.79 Å². The number of rotatable bonds is 10. The van der Waals surface area contributed by atoms with Gasteiger partial charge in [0.05, 0.1) is 6.33 Å². The third kappa shape index (κ3) is 5.40. The summed E-state index contributed by atoms with van der Waals surface area (Å²) in [4.78, 5) is 25.1. The number of aryl methyl sites for hydroxylation is 2. The zero-order valence-corrected chi connectivity index (χ0v) is 20.0. The van der Waals surface area contributed by atoms with Crippen LogP contribution in [0, 0.1) is 6.92 Å². The lowest BCUT2D eigenvalue weighted by atomic mass is 9.85. The third-order valence-electron chi connectivity index (χ3n) is 6.57. The fourth-order valence-electron chi connectivity index (χ4n) is 4.85. The summed E-state index contributed by atoms with van der Waals surface area (Å²) in [5.41, 5.74) is 6.79. The number of carbonyl (C=O) groups excluding carboxylic acids is 1. The fraction of sp³-hybridized carbons (Fsp3) is 0.233. The van der Waals surface area contributed by atoms with Gasteiger partial charge in [-0.1, -0.05) is 60.2 Å². The standard InChI is InChI=1S/C30H30N4O/c1-22-8-5-11-24(16-22)28(17-26(35)13-6-12-25-18-31-21-33-25)29-20-34(19-23-9-3-2-4-10-23)30-27(29)14-7-15-32-30/h2-5,7-11,14-16,18,20-21,28H,6,12-13,17,19H2,1H3,(H,31,33). The number of carbonyl (C=O) groups is 1. The second kappa shape index (κ2) is 10.5. The Hall–Kier alpha value is -3.99. The molecule has 0 fully saturated rings. The Balaban J connectivity index is 1.46. The topological polar surface area (TPSA) is 63.6 Å². The Kier molecular flexibility index (Phi) is 6.85. The molecule has 0 aliphatic carbocycles. The number of fused-ring (bicyclic) bond motifs is 1. The van der Waals surface area contributed by atoms with Gasteiger partial charge in [0.25, 0.3) is 0 Å². The molecule has 0 saturated heterocycles. The van der Waals surface area contributed by atoms with Gasteiger partial charge in [-0.05, 0) is 48.6 Å². The number of hydrogen-bond donors (Lipinski definition) is 1. The van der Waals surface area contributed by atoms with E-state index < -0.39 is 0 Å². The molecule has 2 aromatic carbocycles. The van der Waals surface area contributed by atoms with Crippen LogP contribution in [-0.2, 0) is 17.8 Å². The molecule has 35 heavy (non-hydrogen) atoms. The lowest BCUT2D eigenvalue weighted by molar-refractivity contribution is -0.119. The van der Waals surface area contributed by atoms with E-state index in [1.54, 1.807) is 6.33 Å². The van der Waals surface area contributed by atoms with Crippen LogP contribution in [0.15, 0.2) is 91.6 Å². The van der Waals surface area contributed by atoms with Crippen molar-refractivity contribution in [3.05, 3.63) is 120 Å². The number of benzene rings is 2. The number of aromatic amines is 1. The van der Waals surface area contributed by atoms with Crippen molar-refractivity contribution in [1.82, 2.24) is 19.5 Å². The molecule has 3 aromatic heterocycles. The van der Waals surface area contributed by atoms with E-state index in [1.165, 1.54) is 16.7 Å². The number of aromatic nitrogens is 4. The summed E-state index contributed by atoms with van der Waals surface area (Å²) in [6, 6.07) is 23.1. The number of Topliss-reactive ketones (excluding diaryl/α,β-unsaturated/α-hetero) is 1. The summed E-state index contributed by atoms with van der Waals surface area (Å²) in [6.45, 7) is 2.85. The zero-order chi connectivity index (χ0) is 24.0. The molecule has 1 N–H and O–H groups in total. The normalized spacial score (nSPS) is 12.1.